The molecule has 4 aromatic rings. The van der Waals surface area contributed by atoms with Crippen LogP contribution in [0.5, 0.6) is 0 Å². The summed E-state index contributed by atoms with van der Waals surface area (Å²) in [6, 6.07) is 1.63. The Morgan fingerprint density at radius 3 is 2.78 bits per heavy atom. The Balaban J connectivity index is 1.61. The molecule has 0 aliphatic carbocycles. The van der Waals surface area contributed by atoms with Crippen molar-refractivity contribution in [2.45, 2.75) is 18.8 Å². The van der Waals surface area contributed by atoms with Gasteiger partial charge in [-0.15, -0.1) is 10.2 Å². The van der Waals surface area contributed by atoms with Crippen molar-refractivity contribution in [2.75, 3.05) is 13.1 Å². The molecule has 10 nitrogen and oxygen atoms in total. The van der Waals surface area contributed by atoms with E-state index in [1.54, 1.807) is 33.9 Å². The predicted octanol–water partition coefficient (Wildman–Crippen LogP) is 0.940. The fourth-order valence-corrected chi connectivity index (χ4v) is 3.58. The van der Waals surface area contributed by atoms with Crippen LogP contribution in [0.3, 0.4) is 0 Å². The van der Waals surface area contributed by atoms with E-state index in [-0.39, 0.29) is 11.5 Å². The van der Waals surface area contributed by atoms with E-state index in [1.165, 1.54) is 0 Å². The van der Waals surface area contributed by atoms with Gasteiger partial charge in [0.05, 0.1) is 24.4 Å². The number of aromatic amines is 1. The van der Waals surface area contributed by atoms with Crippen LogP contribution in [-0.2, 0) is 7.05 Å². The van der Waals surface area contributed by atoms with E-state index in [2.05, 4.69) is 30.6 Å². The van der Waals surface area contributed by atoms with Crippen LogP contribution >= 0.6 is 0 Å². The Labute approximate surface area is 153 Å². The topological polar surface area (TPSA) is 119 Å². The number of imidazole rings is 1. The van der Waals surface area contributed by atoms with Crippen LogP contribution in [0.4, 0.5) is 0 Å². The third-order valence-corrected chi connectivity index (χ3v) is 4.98. The van der Waals surface area contributed by atoms with Crippen molar-refractivity contribution in [2.24, 2.45) is 7.05 Å². The predicted molar refractivity (Wildman–Crippen MR) is 96.2 cm³/mol. The van der Waals surface area contributed by atoms with E-state index in [4.69, 9.17) is 4.42 Å². The zero-order valence-electron chi connectivity index (χ0n) is 14.7. The molecular formula is C17H18N8O2. The molecule has 0 radical (unpaired) electrons. The van der Waals surface area contributed by atoms with Crippen LogP contribution in [0.15, 0.2) is 34.0 Å². The smallest absolute Gasteiger partial charge is 0.266 e. The van der Waals surface area contributed by atoms with Crippen molar-refractivity contribution in [3.8, 4) is 23.0 Å². The lowest BCUT2D eigenvalue weighted by molar-refractivity contribution is 0.446. The zero-order valence-corrected chi connectivity index (χ0v) is 14.7. The summed E-state index contributed by atoms with van der Waals surface area (Å²) >= 11 is 0. The molecule has 0 bridgehead atoms. The summed E-state index contributed by atoms with van der Waals surface area (Å²) in [5.74, 6) is 0.956. The van der Waals surface area contributed by atoms with E-state index >= 15 is 0 Å². The lowest BCUT2D eigenvalue weighted by Crippen LogP contribution is -2.28. The Hall–Kier alpha value is -3.27. The zero-order chi connectivity index (χ0) is 18.4. The summed E-state index contributed by atoms with van der Waals surface area (Å²) in [4.78, 5) is 19.2. The molecular weight excluding hydrogens is 348 g/mol. The van der Waals surface area contributed by atoms with Gasteiger partial charge in [0.2, 0.25) is 0 Å². The number of piperidine rings is 1. The highest BCUT2D eigenvalue weighted by Gasteiger charge is 2.23. The van der Waals surface area contributed by atoms with Gasteiger partial charge in [-0.05, 0) is 25.9 Å². The maximum atomic E-state index is 12.3. The molecule has 4 aromatic heterocycles. The molecule has 0 aromatic carbocycles. The van der Waals surface area contributed by atoms with Gasteiger partial charge < -0.3 is 19.3 Å². The fraction of sp³-hybridized carbons (Fsp3) is 0.353. The maximum absolute atomic E-state index is 12.3. The summed E-state index contributed by atoms with van der Waals surface area (Å²) in [6.45, 7) is 1.87. The van der Waals surface area contributed by atoms with Gasteiger partial charge >= 0.3 is 0 Å². The Morgan fingerprint density at radius 1 is 1.19 bits per heavy atom. The van der Waals surface area contributed by atoms with Crippen molar-refractivity contribution in [1.29, 1.82) is 0 Å². The van der Waals surface area contributed by atoms with E-state index in [1.807, 2.05) is 7.05 Å². The number of rotatable bonds is 3. The molecule has 5 heterocycles. The first-order valence-corrected chi connectivity index (χ1v) is 8.83. The van der Waals surface area contributed by atoms with Gasteiger partial charge in [0.15, 0.2) is 0 Å². The molecule has 0 atom stereocenters. The van der Waals surface area contributed by atoms with Crippen LogP contribution in [0, 0.1) is 0 Å². The third-order valence-electron chi connectivity index (χ3n) is 4.98. The molecule has 0 amide bonds. The average molecular weight is 366 g/mol. The highest BCUT2D eigenvalue weighted by Crippen LogP contribution is 2.29. The van der Waals surface area contributed by atoms with Crippen molar-refractivity contribution in [3.05, 3.63) is 40.8 Å². The fourth-order valence-electron chi connectivity index (χ4n) is 3.58. The number of fused-ring (bicyclic) bond motifs is 1. The van der Waals surface area contributed by atoms with Crippen LogP contribution < -0.4 is 10.9 Å². The summed E-state index contributed by atoms with van der Waals surface area (Å²) < 4.78 is 9.39. The highest BCUT2D eigenvalue weighted by molar-refractivity contribution is 5.71. The van der Waals surface area contributed by atoms with Gasteiger partial charge in [-0.25, -0.2) is 9.50 Å². The average Bonchev–Trinajstić information content (AvgIpc) is 3.40. The van der Waals surface area contributed by atoms with Gasteiger partial charge in [-0.1, -0.05) is 0 Å². The standard InChI is InChI=1S/C17H18N8O2/c1-24-9-19-8-13(24)17-23-22-16(27-17)11-7-20-25-12(6-14(26)21-15(11)25)10-2-4-18-5-3-10/h6-10,18H,2-5H2,1H3,(H,21,26). The number of H-pyrrole nitrogens is 1. The maximum Gasteiger partial charge on any atom is 0.266 e. The first-order valence-electron chi connectivity index (χ1n) is 8.83. The minimum Gasteiger partial charge on any atom is -0.414 e. The summed E-state index contributed by atoms with van der Waals surface area (Å²) in [6.07, 6.45) is 6.91. The van der Waals surface area contributed by atoms with E-state index in [9.17, 15) is 4.79 Å². The lowest BCUT2D eigenvalue weighted by Gasteiger charge is -2.23. The van der Waals surface area contributed by atoms with Crippen molar-refractivity contribution in [1.82, 2.24) is 39.7 Å². The van der Waals surface area contributed by atoms with Crippen LogP contribution in [0.2, 0.25) is 0 Å². The molecule has 27 heavy (non-hydrogen) atoms. The molecule has 1 saturated heterocycles. The number of hydrogen-bond acceptors (Lipinski definition) is 7. The number of hydrogen-bond donors (Lipinski definition) is 2. The quantitative estimate of drug-likeness (QED) is 0.554. The number of aryl methyl sites for hydroxylation is 1. The Kier molecular flexibility index (Phi) is 3.64. The molecule has 1 fully saturated rings. The van der Waals surface area contributed by atoms with Crippen molar-refractivity contribution >= 4 is 5.65 Å². The van der Waals surface area contributed by atoms with E-state index in [0.717, 1.165) is 31.6 Å². The molecule has 10 heteroatoms. The molecule has 1 aliphatic heterocycles. The molecule has 138 valence electrons. The summed E-state index contributed by atoms with van der Waals surface area (Å²) in [7, 11) is 1.85. The van der Waals surface area contributed by atoms with Crippen LogP contribution in [0.25, 0.3) is 28.7 Å². The third kappa shape index (κ3) is 2.65. The monoisotopic (exact) mass is 366 g/mol. The molecule has 0 spiro atoms. The second-order valence-corrected chi connectivity index (χ2v) is 6.70. The Bertz CT molecular complexity index is 1160. The number of nitrogens with zero attached hydrogens (tertiary/aromatic N) is 6. The second-order valence-electron chi connectivity index (χ2n) is 6.70. The SMILES string of the molecule is Cn1cncc1-c1nnc(-c2cnn3c(C4CCNCC4)cc(=O)[nH]c23)o1. The van der Waals surface area contributed by atoms with Gasteiger partial charge in [0.1, 0.15) is 16.9 Å². The lowest BCUT2D eigenvalue weighted by atomic mass is 9.94. The molecule has 5 rings (SSSR count). The largest absolute Gasteiger partial charge is 0.414 e. The molecule has 2 N–H and O–H groups in total. The summed E-state index contributed by atoms with van der Waals surface area (Å²) in [5, 5.41) is 16.1. The first-order chi connectivity index (χ1) is 13.2. The second kappa shape index (κ2) is 6.16. The van der Waals surface area contributed by atoms with E-state index < -0.39 is 0 Å². The molecule has 0 unspecified atom stereocenters. The van der Waals surface area contributed by atoms with Gasteiger partial charge in [0.25, 0.3) is 17.3 Å². The Morgan fingerprint density at radius 2 is 2.00 bits per heavy atom. The van der Waals surface area contributed by atoms with Gasteiger partial charge in [-0.2, -0.15) is 5.10 Å². The molecule has 0 saturated carbocycles. The van der Waals surface area contributed by atoms with E-state index in [0.29, 0.717) is 28.7 Å². The van der Waals surface area contributed by atoms with Gasteiger partial charge in [0, 0.05) is 19.0 Å². The normalized spacial score (nSPS) is 15.6. The van der Waals surface area contributed by atoms with Crippen LogP contribution in [0.1, 0.15) is 24.5 Å². The minimum atomic E-state index is -0.163. The van der Waals surface area contributed by atoms with Crippen molar-refractivity contribution < 1.29 is 4.42 Å². The highest BCUT2D eigenvalue weighted by atomic mass is 16.4. The number of nitrogens with one attached hydrogen (secondary N) is 2. The first kappa shape index (κ1) is 15.9. The van der Waals surface area contributed by atoms with Crippen molar-refractivity contribution in [3.63, 3.8) is 0 Å². The number of aromatic nitrogens is 7. The molecule has 1 aliphatic rings. The van der Waals surface area contributed by atoms with Crippen LogP contribution in [-0.4, -0.2) is 47.4 Å². The van der Waals surface area contributed by atoms with Gasteiger partial charge in [-0.3, -0.25) is 4.79 Å². The minimum absolute atomic E-state index is 0.163. The summed E-state index contributed by atoms with van der Waals surface area (Å²) in [5.41, 5.74) is 2.63.